The predicted octanol–water partition coefficient (Wildman–Crippen LogP) is 1.39. The molecule has 3 nitrogen and oxygen atoms in total. The van der Waals surface area contributed by atoms with Gasteiger partial charge in [0.1, 0.15) is 6.33 Å². The van der Waals surface area contributed by atoms with Crippen molar-refractivity contribution in [2.45, 2.75) is 19.4 Å². The molecule has 1 rings (SSSR count). The fraction of sp³-hybridized carbons (Fsp3) is 0.500. The van der Waals surface area contributed by atoms with Crippen molar-refractivity contribution in [1.29, 1.82) is 0 Å². The van der Waals surface area contributed by atoms with Crippen LogP contribution in [0.25, 0.3) is 0 Å². The molecule has 0 amide bonds. The highest BCUT2D eigenvalue weighted by Crippen LogP contribution is 2.18. The third-order valence-electron chi connectivity index (χ3n) is 1.62. The molecule has 1 heterocycles. The Kier molecular flexibility index (Phi) is 3.70. The molecule has 0 spiro atoms. The zero-order valence-electron chi connectivity index (χ0n) is 7.24. The van der Waals surface area contributed by atoms with E-state index >= 15 is 0 Å². The molecule has 1 N–H and O–H groups in total. The maximum atomic E-state index is 12.5. The van der Waals surface area contributed by atoms with Gasteiger partial charge in [-0.2, -0.15) is 0 Å². The maximum absolute atomic E-state index is 12.5. The van der Waals surface area contributed by atoms with E-state index in [4.69, 9.17) is 0 Å². The zero-order valence-corrected chi connectivity index (χ0v) is 7.24. The minimum Gasteiger partial charge on any atom is -0.305 e. The quantitative estimate of drug-likeness (QED) is 0.774. The first kappa shape index (κ1) is 9.98. The first-order chi connectivity index (χ1) is 6.25. The molecular formula is C8H11F2N3. The summed E-state index contributed by atoms with van der Waals surface area (Å²) in [7, 11) is 0. The maximum Gasteiger partial charge on any atom is 0.257 e. The average Bonchev–Trinajstić information content (AvgIpc) is 2.15. The summed E-state index contributed by atoms with van der Waals surface area (Å²) in [6.07, 6.45) is 1.67. The molecule has 0 aromatic carbocycles. The summed E-state index contributed by atoms with van der Waals surface area (Å²) in [5, 5.41) is 2.67. The highest BCUT2D eigenvalue weighted by molar-refractivity contribution is 5.09. The van der Waals surface area contributed by atoms with E-state index in [1.807, 2.05) is 0 Å². The lowest BCUT2D eigenvalue weighted by atomic mass is 10.1. The molecule has 0 fully saturated rings. The van der Waals surface area contributed by atoms with Gasteiger partial charge < -0.3 is 5.32 Å². The molecule has 0 saturated carbocycles. The van der Waals surface area contributed by atoms with Crippen molar-refractivity contribution in [1.82, 2.24) is 15.3 Å². The average molecular weight is 187 g/mol. The Balaban J connectivity index is 2.76. The van der Waals surface area contributed by atoms with E-state index in [-0.39, 0.29) is 0 Å². The number of halogens is 2. The van der Waals surface area contributed by atoms with Crippen LogP contribution in [0.1, 0.15) is 18.5 Å². The summed E-state index contributed by atoms with van der Waals surface area (Å²) < 4.78 is 24.9. The van der Waals surface area contributed by atoms with Crippen molar-refractivity contribution in [2.24, 2.45) is 0 Å². The van der Waals surface area contributed by atoms with Crippen LogP contribution in [-0.2, 0) is 0 Å². The fourth-order valence-corrected chi connectivity index (χ4v) is 1.04. The van der Waals surface area contributed by atoms with E-state index in [2.05, 4.69) is 15.3 Å². The van der Waals surface area contributed by atoms with Crippen LogP contribution in [0, 0.1) is 0 Å². The van der Waals surface area contributed by atoms with Crippen molar-refractivity contribution < 1.29 is 8.78 Å². The van der Waals surface area contributed by atoms with Crippen LogP contribution in [0.4, 0.5) is 8.78 Å². The van der Waals surface area contributed by atoms with Crippen molar-refractivity contribution in [3.8, 4) is 0 Å². The number of rotatable bonds is 4. The van der Waals surface area contributed by atoms with Crippen LogP contribution >= 0.6 is 0 Å². The van der Waals surface area contributed by atoms with Gasteiger partial charge in [0.15, 0.2) is 0 Å². The van der Waals surface area contributed by atoms with Gasteiger partial charge in [-0.05, 0) is 6.54 Å². The van der Waals surface area contributed by atoms with Crippen molar-refractivity contribution in [2.75, 3.05) is 6.54 Å². The van der Waals surface area contributed by atoms with Gasteiger partial charge in [0.05, 0.1) is 6.04 Å². The van der Waals surface area contributed by atoms with E-state index < -0.39 is 12.5 Å². The second-order valence-corrected chi connectivity index (χ2v) is 2.54. The molecule has 1 aromatic heterocycles. The molecule has 0 bridgehead atoms. The molecule has 5 heteroatoms. The normalized spacial score (nSPS) is 13.2. The van der Waals surface area contributed by atoms with Crippen molar-refractivity contribution >= 4 is 0 Å². The Bertz CT molecular complexity index is 240. The topological polar surface area (TPSA) is 37.8 Å². The van der Waals surface area contributed by atoms with Gasteiger partial charge in [-0.15, -0.1) is 0 Å². The number of hydrogen-bond donors (Lipinski definition) is 1. The Morgan fingerprint density at radius 2 is 2.00 bits per heavy atom. The lowest BCUT2D eigenvalue weighted by Crippen LogP contribution is -2.27. The minimum absolute atomic E-state index is 0.416. The number of hydrogen-bond acceptors (Lipinski definition) is 3. The Morgan fingerprint density at radius 3 is 2.46 bits per heavy atom. The Hall–Kier alpha value is -1.10. The molecular weight excluding hydrogens is 176 g/mol. The number of alkyl halides is 2. The van der Waals surface area contributed by atoms with Crippen LogP contribution in [0.2, 0.25) is 0 Å². The van der Waals surface area contributed by atoms with Crippen LogP contribution in [-0.4, -0.2) is 22.9 Å². The molecule has 72 valence electrons. The number of nitrogens with zero attached hydrogens (tertiary/aromatic N) is 2. The molecule has 0 aliphatic heterocycles. The van der Waals surface area contributed by atoms with Crippen molar-refractivity contribution in [3.63, 3.8) is 0 Å². The molecule has 1 unspecified atom stereocenters. The standard InChI is InChI=1S/C8H11F2N3/c1-2-13-7(8(9)10)6-3-11-5-12-4-6/h3-5,7-8,13H,2H2,1H3. The lowest BCUT2D eigenvalue weighted by molar-refractivity contribution is 0.0989. The summed E-state index contributed by atoms with van der Waals surface area (Å²) in [5.74, 6) is 0. The predicted molar refractivity (Wildman–Crippen MR) is 44.5 cm³/mol. The summed E-state index contributed by atoms with van der Waals surface area (Å²) in [6.45, 7) is 2.27. The fourth-order valence-electron chi connectivity index (χ4n) is 1.04. The van der Waals surface area contributed by atoms with Crippen LogP contribution in [0.5, 0.6) is 0 Å². The van der Waals surface area contributed by atoms with Crippen LogP contribution < -0.4 is 5.32 Å². The van der Waals surface area contributed by atoms with Gasteiger partial charge in [-0.3, -0.25) is 0 Å². The molecule has 0 radical (unpaired) electrons. The second kappa shape index (κ2) is 4.81. The van der Waals surface area contributed by atoms with Crippen molar-refractivity contribution in [3.05, 3.63) is 24.3 Å². The van der Waals surface area contributed by atoms with Gasteiger partial charge in [-0.1, -0.05) is 6.92 Å². The highest BCUT2D eigenvalue weighted by Gasteiger charge is 2.21. The highest BCUT2D eigenvalue weighted by atomic mass is 19.3. The zero-order chi connectivity index (χ0) is 9.68. The van der Waals surface area contributed by atoms with E-state index in [0.717, 1.165) is 0 Å². The van der Waals surface area contributed by atoms with Gasteiger partial charge in [0.2, 0.25) is 0 Å². The van der Waals surface area contributed by atoms with Crippen LogP contribution in [0.3, 0.4) is 0 Å². The molecule has 0 aliphatic carbocycles. The monoisotopic (exact) mass is 187 g/mol. The Morgan fingerprint density at radius 1 is 1.38 bits per heavy atom. The second-order valence-electron chi connectivity index (χ2n) is 2.54. The van der Waals surface area contributed by atoms with E-state index in [0.29, 0.717) is 12.1 Å². The summed E-state index contributed by atoms with van der Waals surface area (Å²) in [4.78, 5) is 7.37. The first-order valence-corrected chi connectivity index (χ1v) is 4.02. The van der Waals surface area contributed by atoms with E-state index in [9.17, 15) is 8.78 Å². The third-order valence-corrected chi connectivity index (χ3v) is 1.62. The van der Waals surface area contributed by atoms with Crippen LogP contribution in [0.15, 0.2) is 18.7 Å². The van der Waals surface area contributed by atoms with Gasteiger partial charge in [-0.25, -0.2) is 18.7 Å². The number of aromatic nitrogens is 2. The largest absolute Gasteiger partial charge is 0.305 e. The molecule has 1 atom stereocenters. The third kappa shape index (κ3) is 2.69. The lowest BCUT2D eigenvalue weighted by Gasteiger charge is -2.15. The smallest absolute Gasteiger partial charge is 0.257 e. The van der Waals surface area contributed by atoms with E-state index in [1.165, 1.54) is 18.7 Å². The molecule has 0 aliphatic rings. The number of nitrogens with one attached hydrogen (secondary N) is 1. The van der Waals surface area contributed by atoms with Gasteiger partial charge >= 0.3 is 0 Å². The molecule has 1 aromatic rings. The van der Waals surface area contributed by atoms with E-state index in [1.54, 1.807) is 6.92 Å². The van der Waals surface area contributed by atoms with Gasteiger partial charge in [0.25, 0.3) is 6.43 Å². The van der Waals surface area contributed by atoms with Gasteiger partial charge in [0, 0.05) is 18.0 Å². The summed E-state index contributed by atoms with van der Waals surface area (Å²) in [5.41, 5.74) is 0.416. The SMILES string of the molecule is CCNC(c1cncnc1)C(F)F. The summed E-state index contributed by atoms with van der Waals surface area (Å²) in [6, 6.07) is -0.966. The minimum atomic E-state index is -2.44. The molecule has 0 saturated heterocycles. The Labute approximate surface area is 75.2 Å². The first-order valence-electron chi connectivity index (χ1n) is 4.02. The summed E-state index contributed by atoms with van der Waals surface area (Å²) >= 11 is 0. The molecule has 13 heavy (non-hydrogen) atoms.